The first kappa shape index (κ1) is 11.5. The van der Waals surface area contributed by atoms with Crippen molar-refractivity contribution in [2.45, 2.75) is 0 Å². The molecule has 0 radical (unpaired) electrons. The maximum atomic E-state index is 6.04. The minimum Gasteiger partial charge on any atom is -0.454 e. The van der Waals surface area contributed by atoms with Crippen LogP contribution in [0.25, 0.3) is 11.3 Å². The Bertz CT molecular complexity index is 551. The highest BCUT2D eigenvalue weighted by Crippen LogP contribution is 2.31. The molecule has 1 aromatic carbocycles. The Balaban J connectivity index is 2.46. The van der Waals surface area contributed by atoms with Crippen molar-refractivity contribution in [2.75, 3.05) is 0 Å². The number of furan rings is 1. The van der Waals surface area contributed by atoms with E-state index in [1.807, 2.05) is 0 Å². The van der Waals surface area contributed by atoms with E-state index >= 15 is 0 Å². The highest BCUT2D eigenvalue weighted by Gasteiger charge is 2.10. The monoisotopic (exact) mass is 271 g/mol. The fourth-order valence-corrected chi connectivity index (χ4v) is 1.92. The third-order valence-corrected chi connectivity index (χ3v) is 2.79. The molecule has 2 aromatic rings. The van der Waals surface area contributed by atoms with Crippen LogP contribution in [0.15, 0.2) is 34.7 Å². The van der Waals surface area contributed by atoms with Gasteiger partial charge in [0.25, 0.3) is 0 Å². The molecule has 0 saturated heterocycles. The summed E-state index contributed by atoms with van der Waals surface area (Å²) in [7, 11) is 0. The topological polar surface area (TPSA) is 39.2 Å². The molecule has 2 rings (SSSR count). The molecule has 0 fully saturated rings. The van der Waals surface area contributed by atoms with Crippen LogP contribution >= 0.6 is 35.4 Å². The number of hydrogen-bond acceptors (Lipinski definition) is 2. The van der Waals surface area contributed by atoms with Gasteiger partial charge in [-0.25, -0.2) is 0 Å². The van der Waals surface area contributed by atoms with Crippen LogP contribution in [0.5, 0.6) is 0 Å². The minimum atomic E-state index is 0.219. The van der Waals surface area contributed by atoms with Gasteiger partial charge >= 0.3 is 0 Å². The fourth-order valence-electron chi connectivity index (χ4n) is 1.30. The van der Waals surface area contributed by atoms with E-state index < -0.39 is 0 Å². The summed E-state index contributed by atoms with van der Waals surface area (Å²) in [6.45, 7) is 0. The first-order valence-corrected chi connectivity index (χ1v) is 5.59. The van der Waals surface area contributed by atoms with E-state index in [1.165, 1.54) is 0 Å². The van der Waals surface area contributed by atoms with Crippen molar-refractivity contribution in [3.63, 3.8) is 0 Å². The first-order chi connectivity index (χ1) is 7.58. The predicted octanol–water partition coefficient (Wildman–Crippen LogP) is 3.89. The second kappa shape index (κ2) is 4.45. The third kappa shape index (κ3) is 2.21. The van der Waals surface area contributed by atoms with Gasteiger partial charge < -0.3 is 10.2 Å². The number of hydrogen-bond donors (Lipinski definition) is 1. The van der Waals surface area contributed by atoms with Crippen molar-refractivity contribution in [2.24, 2.45) is 5.73 Å². The number of halogens is 2. The van der Waals surface area contributed by atoms with Crippen LogP contribution in [0.1, 0.15) is 5.76 Å². The van der Waals surface area contributed by atoms with Gasteiger partial charge in [0.2, 0.25) is 0 Å². The summed E-state index contributed by atoms with van der Waals surface area (Å²) >= 11 is 16.7. The fraction of sp³-hybridized carbons (Fsp3) is 0. The molecule has 0 aliphatic heterocycles. The molecule has 1 heterocycles. The van der Waals surface area contributed by atoms with E-state index in [-0.39, 0.29) is 4.99 Å². The van der Waals surface area contributed by atoms with Crippen molar-refractivity contribution >= 4 is 40.4 Å². The predicted molar refractivity (Wildman–Crippen MR) is 70.1 cm³/mol. The normalized spacial score (nSPS) is 10.4. The molecule has 82 valence electrons. The molecule has 0 unspecified atom stereocenters. The van der Waals surface area contributed by atoms with Crippen molar-refractivity contribution in [3.8, 4) is 11.3 Å². The summed E-state index contributed by atoms with van der Waals surface area (Å²) in [5, 5.41) is 1.10. The van der Waals surface area contributed by atoms with E-state index in [2.05, 4.69) is 0 Å². The van der Waals surface area contributed by atoms with E-state index in [1.54, 1.807) is 30.3 Å². The first-order valence-electron chi connectivity index (χ1n) is 4.43. The molecule has 2 N–H and O–H groups in total. The van der Waals surface area contributed by atoms with Gasteiger partial charge in [0.05, 0.1) is 5.02 Å². The van der Waals surface area contributed by atoms with Gasteiger partial charge in [-0.05, 0) is 30.3 Å². The van der Waals surface area contributed by atoms with Crippen molar-refractivity contribution in [3.05, 3.63) is 46.1 Å². The summed E-state index contributed by atoms with van der Waals surface area (Å²) in [4.78, 5) is 0.219. The summed E-state index contributed by atoms with van der Waals surface area (Å²) < 4.78 is 5.46. The second-order valence-electron chi connectivity index (χ2n) is 3.15. The molecule has 0 amide bonds. The quantitative estimate of drug-likeness (QED) is 0.843. The summed E-state index contributed by atoms with van der Waals surface area (Å²) in [6, 6.07) is 8.66. The Morgan fingerprint density at radius 3 is 2.50 bits per heavy atom. The summed E-state index contributed by atoms with van der Waals surface area (Å²) in [5.41, 5.74) is 6.21. The Kier molecular flexibility index (Phi) is 3.19. The number of thiocarbonyl (C=S) groups is 1. The highest BCUT2D eigenvalue weighted by molar-refractivity contribution is 7.80. The zero-order valence-electron chi connectivity index (χ0n) is 8.04. The molecular weight excluding hydrogens is 265 g/mol. The lowest BCUT2D eigenvalue weighted by Crippen LogP contribution is -2.07. The van der Waals surface area contributed by atoms with Crippen LogP contribution in [0, 0.1) is 0 Å². The Morgan fingerprint density at radius 2 is 1.94 bits per heavy atom. The van der Waals surface area contributed by atoms with Gasteiger partial charge in [-0.3, -0.25) is 0 Å². The summed E-state index contributed by atoms with van der Waals surface area (Å²) in [6.07, 6.45) is 0. The molecule has 16 heavy (non-hydrogen) atoms. The molecule has 0 spiro atoms. The second-order valence-corrected chi connectivity index (χ2v) is 4.44. The molecule has 0 saturated carbocycles. The van der Waals surface area contributed by atoms with Crippen molar-refractivity contribution < 1.29 is 4.42 Å². The van der Waals surface area contributed by atoms with Crippen LogP contribution in [0.2, 0.25) is 10.0 Å². The SMILES string of the molecule is NC(=S)c1ccc(-c2ccc(Cl)cc2Cl)o1. The molecule has 0 aliphatic rings. The maximum absolute atomic E-state index is 6.04. The molecular formula is C11H7Cl2NOS. The van der Waals surface area contributed by atoms with E-state index in [9.17, 15) is 0 Å². The highest BCUT2D eigenvalue weighted by atomic mass is 35.5. The average Bonchev–Trinajstić information content (AvgIpc) is 2.66. The van der Waals surface area contributed by atoms with Gasteiger partial charge in [0.1, 0.15) is 10.7 Å². The maximum Gasteiger partial charge on any atom is 0.161 e. The molecule has 0 atom stereocenters. The van der Waals surface area contributed by atoms with E-state index in [0.717, 1.165) is 5.56 Å². The Morgan fingerprint density at radius 1 is 1.19 bits per heavy atom. The van der Waals surface area contributed by atoms with Crippen LogP contribution in [-0.4, -0.2) is 4.99 Å². The Hall–Kier alpha value is -1.03. The Labute approximate surface area is 108 Å². The summed E-state index contributed by atoms with van der Waals surface area (Å²) in [5.74, 6) is 1.08. The van der Waals surface area contributed by atoms with Gasteiger partial charge in [0.15, 0.2) is 5.76 Å². The smallest absolute Gasteiger partial charge is 0.161 e. The average molecular weight is 272 g/mol. The molecule has 0 aliphatic carbocycles. The van der Waals surface area contributed by atoms with Gasteiger partial charge in [-0.15, -0.1) is 0 Å². The van der Waals surface area contributed by atoms with Crippen LogP contribution in [-0.2, 0) is 0 Å². The number of benzene rings is 1. The lowest BCUT2D eigenvalue weighted by Gasteiger charge is -2.01. The lowest BCUT2D eigenvalue weighted by molar-refractivity contribution is 0.573. The van der Waals surface area contributed by atoms with Crippen LogP contribution in [0.3, 0.4) is 0 Å². The van der Waals surface area contributed by atoms with Crippen LogP contribution < -0.4 is 5.73 Å². The van der Waals surface area contributed by atoms with Gasteiger partial charge in [0, 0.05) is 10.6 Å². The third-order valence-electron chi connectivity index (χ3n) is 2.05. The van der Waals surface area contributed by atoms with Gasteiger partial charge in [-0.2, -0.15) is 0 Å². The molecule has 5 heteroatoms. The van der Waals surface area contributed by atoms with E-state index in [4.69, 9.17) is 45.6 Å². The largest absolute Gasteiger partial charge is 0.454 e. The number of rotatable bonds is 2. The zero-order chi connectivity index (χ0) is 11.7. The lowest BCUT2D eigenvalue weighted by atomic mass is 10.2. The number of nitrogens with two attached hydrogens (primary N) is 1. The van der Waals surface area contributed by atoms with E-state index in [0.29, 0.717) is 21.6 Å². The van der Waals surface area contributed by atoms with Crippen molar-refractivity contribution in [1.29, 1.82) is 0 Å². The molecule has 0 bridgehead atoms. The zero-order valence-corrected chi connectivity index (χ0v) is 10.4. The molecule has 2 nitrogen and oxygen atoms in total. The van der Waals surface area contributed by atoms with Crippen molar-refractivity contribution in [1.82, 2.24) is 0 Å². The van der Waals surface area contributed by atoms with Crippen LogP contribution in [0.4, 0.5) is 0 Å². The standard InChI is InChI=1S/C11H7Cl2NOS/c12-6-1-2-7(8(13)5-6)9-3-4-10(15-9)11(14)16/h1-5H,(H2,14,16). The molecule has 1 aromatic heterocycles. The van der Waals surface area contributed by atoms with Gasteiger partial charge in [-0.1, -0.05) is 35.4 Å². The minimum absolute atomic E-state index is 0.219.